The molecule has 5 heteroatoms. The van der Waals surface area contributed by atoms with Crippen LogP contribution in [-0.2, 0) is 11.3 Å². The first-order valence-corrected chi connectivity index (χ1v) is 7.77. The lowest BCUT2D eigenvalue weighted by Crippen LogP contribution is -2.28. The lowest BCUT2D eigenvalue weighted by atomic mass is 10.1. The highest BCUT2D eigenvalue weighted by molar-refractivity contribution is 5.75. The Hall–Kier alpha value is -1.80. The summed E-state index contributed by atoms with van der Waals surface area (Å²) in [6.45, 7) is 3.94. The van der Waals surface area contributed by atoms with Crippen LogP contribution in [0.15, 0.2) is 18.5 Å². The van der Waals surface area contributed by atoms with Gasteiger partial charge in [0.2, 0.25) is 5.91 Å². The van der Waals surface area contributed by atoms with Gasteiger partial charge in [0.1, 0.15) is 6.54 Å². The molecular formula is C16H24N4O. The van der Waals surface area contributed by atoms with Gasteiger partial charge in [-0.1, -0.05) is 6.92 Å². The van der Waals surface area contributed by atoms with E-state index in [1.807, 2.05) is 16.8 Å². The van der Waals surface area contributed by atoms with E-state index in [0.717, 1.165) is 18.9 Å². The Kier molecular flexibility index (Phi) is 5.82. The summed E-state index contributed by atoms with van der Waals surface area (Å²) in [7, 11) is 0. The van der Waals surface area contributed by atoms with Gasteiger partial charge in [-0.2, -0.15) is 5.26 Å². The number of amides is 1. The van der Waals surface area contributed by atoms with E-state index >= 15 is 0 Å². The van der Waals surface area contributed by atoms with Crippen molar-refractivity contribution in [2.45, 2.75) is 45.2 Å². The van der Waals surface area contributed by atoms with Crippen LogP contribution >= 0.6 is 0 Å². The minimum atomic E-state index is -0.0445. The summed E-state index contributed by atoms with van der Waals surface area (Å²) in [6.07, 6.45) is 8.10. The third kappa shape index (κ3) is 4.91. The molecule has 5 nitrogen and oxygen atoms in total. The summed E-state index contributed by atoms with van der Waals surface area (Å²) in [5, 5.41) is 14.8. The van der Waals surface area contributed by atoms with E-state index < -0.39 is 0 Å². The first kappa shape index (κ1) is 15.6. The molecule has 1 fully saturated rings. The SMILES string of the molecule is CCCNC(c1ccn(CC(=O)NCCC#N)c1)C1CC1. The van der Waals surface area contributed by atoms with Gasteiger partial charge in [0, 0.05) is 25.0 Å². The Morgan fingerprint density at radius 1 is 1.52 bits per heavy atom. The fourth-order valence-electron chi connectivity index (χ4n) is 2.51. The molecule has 2 N–H and O–H groups in total. The second-order valence-electron chi connectivity index (χ2n) is 5.64. The third-order valence-electron chi connectivity index (χ3n) is 3.73. The van der Waals surface area contributed by atoms with Gasteiger partial charge in [0.15, 0.2) is 0 Å². The maximum atomic E-state index is 11.7. The Bertz CT molecular complexity index is 499. The highest BCUT2D eigenvalue weighted by Gasteiger charge is 2.32. The van der Waals surface area contributed by atoms with Crippen LogP contribution < -0.4 is 10.6 Å². The van der Waals surface area contributed by atoms with Crippen LogP contribution in [0.2, 0.25) is 0 Å². The molecule has 0 spiro atoms. The number of aromatic nitrogens is 1. The van der Waals surface area contributed by atoms with Crippen molar-refractivity contribution in [1.82, 2.24) is 15.2 Å². The van der Waals surface area contributed by atoms with Crippen LogP contribution in [0.3, 0.4) is 0 Å². The summed E-state index contributed by atoms with van der Waals surface area (Å²) in [5.74, 6) is 0.703. The highest BCUT2D eigenvalue weighted by Crippen LogP contribution is 2.41. The van der Waals surface area contributed by atoms with Crippen LogP contribution in [0.5, 0.6) is 0 Å². The largest absolute Gasteiger partial charge is 0.354 e. The standard InChI is InChI=1S/C16H24N4O/c1-2-8-19-16(13-4-5-13)14-6-10-20(11-14)12-15(21)18-9-3-7-17/h6,10-11,13,16,19H,2-5,8-9,12H2,1H3,(H,18,21). The molecule has 21 heavy (non-hydrogen) atoms. The third-order valence-corrected chi connectivity index (χ3v) is 3.73. The second-order valence-corrected chi connectivity index (χ2v) is 5.64. The van der Waals surface area contributed by atoms with Gasteiger partial charge in [-0.25, -0.2) is 0 Å². The van der Waals surface area contributed by atoms with E-state index in [1.54, 1.807) is 0 Å². The first-order chi connectivity index (χ1) is 10.2. The zero-order valence-electron chi connectivity index (χ0n) is 12.6. The molecule has 0 bridgehead atoms. The minimum absolute atomic E-state index is 0.0445. The van der Waals surface area contributed by atoms with Gasteiger partial charge in [-0.05, 0) is 43.4 Å². The lowest BCUT2D eigenvalue weighted by molar-refractivity contribution is -0.121. The minimum Gasteiger partial charge on any atom is -0.354 e. The lowest BCUT2D eigenvalue weighted by Gasteiger charge is -2.16. The van der Waals surface area contributed by atoms with Crippen LogP contribution in [0, 0.1) is 17.2 Å². The van der Waals surface area contributed by atoms with Gasteiger partial charge in [-0.3, -0.25) is 4.79 Å². The molecule has 114 valence electrons. The maximum absolute atomic E-state index is 11.7. The van der Waals surface area contributed by atoms with E-state index in [4.69, 9.17) is 5.26 Å². The van der Waals surface area contributed by atoms with Gasteiger partial charge in [0.25, 0.3) is 0 Å². The number of carbonyl (C=O) groups is 1. The molecule has 2 rings (SSSR count). The first-order valence-electron chi connectivity index (χ1n) is 7.77. The van der Waals surface area contributed by atoms with Crippen molar-refractivity contribution in [1.29, 1.82) is 5.26 Å². The molecular weight excluding hydrogens is 264 g/mol. The number of nitrogens with one attached hydrogen (secondary N) is 2. The molecule has 1 aliphatic carbocycles. The van der Waals surface area contributed by atoms with Crippen LogP contribution in [-0.4, -0.2) is 23.6 Å². The van der Waals surface area contributed by atoms with Crippen LogP contribution in [0.1, 0.15) is 44.2 Å². The maximum Gasteiger partial charge on any atom is 0.239 e. The number of nitriles is 1. The van der Waals surface area contributed by atoms with Gasteiger partial charge in [-0.15, -0.1) is 0 Å². The van der Waals surface area contributed by atoms with Crippen LogP contribution in [0.4, 0.5) is 0 Å². The van der Waals surface area contributed by atoms with Gasteiger partial charge in [0.05, 0.1) is 12.5 Å². The summed E-state index contributed by atoms with van der Waals surface area (Å²) in [6, 6.07) is 4.54. The predicted octanol–water partition coefficient (Wildman–Crippen LogP) is 1.97. The molecule has 1 aliphatic rings. The molecule has 0 radical (unpaired) electrons. The van der Waals surface area contributed by atoms with Crippen molar-refractivity contribution in [3.63, 3.8) is 0 Å². The number of hydrogen-bond acceptors (Lipinski definition) is 3. The predicted molar refractivity (Wildman–Crippen MR) is 81.4 cm³/mol. The molecule has 1 unspecified atom stereocenters. The Morgan fingerprint density at radius 3 is 3.00 bits per heavy atom. The van der Waals surface area contributed by atoms with Crippen molar-refractivity contribution in [2.75, 3.05) is 13.1 Å². The Labute approximate surface area is 126 Å². The summed E-state index contributed by atoms with van der Waals surface area (Å²) >= 11 is 0. The van der Waals surface area contributed by atoms with Crippen molar-refractivity contribution in [2.24, 2.45) is 5.92 Å². The molecule has 1 heterocycles. The molecule has 0 saturated heterocycles. The normalized spacial score (nSPS) is 15.4. The van der Waals surface area contributed by atoms with Gasteiger partial charge < -0.3 is 15.2 Å². The fourth-order valence-corrected chi connectivity index (χ4v) is 2.51. The summed E-state index contributed by atoms with van der Waals surface area (Å²) in [5.41, 5.74) is 1.27. The summed E-state index contributed by atoms with van der Waals surface area (Å²) in [4.78, 5) is 11.7. The average Bonchev–Trinajstić information content (AvgIpc) is 3.20. The molecule has 1 aromatic rings. The smallest absolute Gasteiger partial charge is 0.239 e. The quantitative estimate of drug-likeness (QED) is 0.683. The highest BCUT2D eigenvalue weighted by atomic mass is 16.1. The monoisotopic (exact) mass is 288 g/mol. The average molecular weight is 288 g/mol. The second kappa shape index (κ2) is 7.84. The van der Waals surface area contributed by atoms with E-state index in [0.29, 0.717) is 25.6 Å². The number of hydrogen-bond donors (Lipinski definition) is 2. The fraction of sp³-hybridized carbons (Fsp3) is 0.625. The topological polar surface area (TPSA) is 69.8 Å². The Balaban J connectivity index is 1.87. The van der Waals surface area contributed by atoms with Crippen molar-refractivity contribution >= 4 is 5.91 Å². The molecule has 1 aromatic heterocycles. The summed E-state index contributed by atoms with van der Waals surface area (Å²) < 4.78 is 1.92. The van der Waals surface area contributed by atoms with E-state index in [9.17, 15) is 4.79 Å². The van der Waals surface area contributed by atoms with Crippen molar-refractivity contribution < 1.29 is 4.79 Å². The zero-order chi connectivity index (χ0) is 15.1. The molecule has 1 atom stereocenters. The van der Waals surface area contributed by atoms with E-state index in [-0.39, 0.29) is 5.91 Å². The number of rotatable bonds is 9. The molecule has 1 amide bonds. The van der Waals surface area contributed by atoms with Crippen LogP contribution in [0.25, 0.3) is 0 Å². The molecule has 0 aromatic carbocycles. The van der Waals surface area contributed by atoms with Crippen molar-refractivity contribution in [3.05, 3.63) is 24.0 Å². The van der Waals surface area contributed by atoms with Gasteiger partial charge >= 0.3 is 0 Å². The molecule has 1 saturated carbocycles. The molecule has 0 aliphatic heterocycles. The number of nitrogens with zero attached hydrogens (tertiary/aromatic N) is 2. The van der Waals surface area contributed by atoms with E-state index in [2.05, 4.69) is 29.8 Å². The zero-order valence-corrected chi connectivity index (χ0v) is 12.6. The Morgan fingerprint density at radius 2 is 2.33 bits per heavy atom. The number of carbonyl (C=O) groups excluding carboxylic acids is 1. The van der Waals surface area contributed by atoms with E-state index in [1.165, 1.54) is 18.4 Å². The van der Waals surface area contributed by atoms with Crippen molar-refractivity contribution in [3.8, 4) is 6.07 Å².